The highest BCUT2D eigenvalue weighted by Crippen LogP contribution is 2.40. The van der Waals surface area contributed by atoms with Gasteiger partial charge in [-0.25, -0.2) is 4.68 Å². The van der Waals surface area contributed by atoms with Crippen molar-refractivity contribution in [2.45, 2.75) is 244 Å². The molecule has 3 aromatic rings. The molecule has 0 spiro atoms. The lowest BCUT2D eigenvalue weighted by atomic mass is 9.77. The largest absolute Gasteiger partial charge is 0.459 e. The Morgan fingerprint density at radius 1 is 0.883 bits per heavy atom. The van der Waals surface area contributed by atoms with Gasteiger partial charge in [-0.15, -0.1) is 10.2 Å². The number of hydrogen-bond acceptors (Lipinski definition) is 18. The molecule has 5 N–H and O–H groups in total. The second kappa shape index (κ2) is 25.9. The van der Waals surface area contributed by atoms with Crippen molar-refractivity contribution in [3.05, 3.63) is 53.6 Å². The molecular weight excluding hydrogens is 989 g/mol. The van der Waals surface area contributed by atoms with Crippen molar-refractivity contribution in [3.8, 4) is 5.69 Å². The van der Waals surface area contributed by atoms with Crippen LogP contribution in [0.5, 0.6) is 0 Å². The molecule has 5 heterocycles. The van der Waals surface area contributed by atoms with Crippen LogP contribution in [-0.4, -0.2) is 196 Å². The first-order valence-electron chi connectivity index (χ1n) is 28.2. The molecule has 0 aliphatic carbocycles. The fourth-order valence-electron chi connectivity index (χ4n) is 11.8. The summed E-state index contributed by atoms with van der Waals surface area (Å²) in [7, 11) is 5.32. The maximum absolute atomic E-state index is 14.5. The van der Waals surface area contributed by atoms with Crippen molar-refractivity contribution < 1.29 is 58.7 Å². The normalized spacial score (nSPS) is 37.6. The molecule has 0 radical (unpaired) electrons. The fraction of sp³-hybridized carbons (Fsp3) is 0.807. The molecule has 3 fully saturated rings. The Hall–Kier alpha value is -3.51. The lowest BCUT2D eigenvalue weighted by molar-refractivity contribution is -0.318. The van der Waals surface area contributed by atoms with Crippen LogP contribution in [0.15, 0.2) is 36.7 Å². The number of esters is 1. The molecule has 0 unspecified atom stereocenters. The van der Waals surface area contributed by atoms with Crippen LogP contribution in [0.4, 0.5) is 0 Å². The van der Waals surface area contributed by atoms with Crippen molar-refractivity contribution in [1.82, 2.24) is 39.8 Å². The highest BCUT2D eigenvalue weighted by Gasteiger charge is 2.53. The van der Waals surface area contributed by atoms with Gasteiger partial charge in [-0.3, -0.25) is 9.48 Å². The first kappa shape index (κ1) is 62.7. The van der Waals surface area contributed by atoms with Gasteiger partial charge in [-0.2, -0.15) is 0 Å². The maximum Gasteiger partial charge on any atom is 0.311 e. The molecule has 3 aliphatic rings. The summed E-state index contributed by atoms with van der Waals surface area (Å²) in [6.45, 7) is 25.8. The molecule has 77 heavy (non-hydrogen) atoms. The molecule has 2 aromatic heterocycles. The van der Waals surface area contributed by atoms with E-state index in [-0.39, 0.29) is 36.7 Å². The molecule has 3 saturated heterocycles. The van der Waals surface area contributed by atoms with Gasteiger partial charge in [0.2, 0.25) is 0 Å². The first-order chi connectivity index (χ1) is 36.0. The zero-order valence-electron chi connectivity index (χ0n) is 49.1. The van der Waals surface area contributed by atoms with E-state index in [4.69, 9.17) is 28.4 Å². The Balaban J connectivity index is 1.16. The minimum absolute atomic E-state index is 0.0673. The summed E-state index contributed by atoms with van der Waals surface area (Å²) >= 11 is 0. The van der Waals surface area contributed by atoms with Crippen molar-refractivity contribution in [1.29, 1.82) is 0 Å². The van der Waals surface area contributed by atoms with Crippen LogP contribution in [0, 0.1) is 17.8 Å². The van der Waals surface area contributed by atoms with E-state index in [0.29, 0.717) is 25.9 Å². The van der Waals surface area contributed by atoms with Gasteiger partial charge >= 0.3 is 5.97 Å². The van der Waals surface area contributed by atoms with Crippen LogP contribution in [-0.2, 0) is 58.0 Å². The average Bonchev–Trinajstić information content (AvgIpc) is 4.07. The van der Waals surface area contributed by atoms with Crippen LogP contribution >= 0.6 is 0 Å². The molecule has 0 bridgehead atoms. The minimum atomic E-state index is -1.83. The maximum atomic E-state index is 14.5. The standard InChI is InChI=1S/C57H96N8O12/c1-17-45-57(13,71)49(67)38(6)63(15)31-34(2)29-55(11,70)51(36(4)48(37(5)52(69)75-45)76-46-30-56(12,72-16)50(68)39(7)74-46)77-53-47(66)43(28-35(3)73-53)62(14)27-25-41-32-64(60-58-41)26-19-18-20-40-21-23-42(24-22-40)65-33-44(59-61-65)54(8,9)10/h21-24,32-39,43,45-51,53,66-68,70-71H,17-20,25-31H2,1-16H3/t34-,35-,36+,37-,38-,39+,43+,45-,46+,47-,48+,49-,50+,51-,53+,55-,56-,57-/m1/s1. The van der Waals surface area contributed by atoms with Crippen LogP contribution in [0.25, 0.3) is 5.69 Å². The number of nitrogens with zero attached hydrogens (tertiary/aromatic N) is 8. The van der Waals surface area contributed by atoms with E-state index in [1.54, 1.807) is 41.5 Å². The molecule has 18 atom stereocenters. The number of rotatable bonds is 16. The Bertz CT molecular complexity index is 2310. The van der Waals surface area contributed by atoms with E-state index in [0.717, 1.165) is 42.9 Å². The third-order valence-electron chi connectivity index (χ3n) is 17.0. The molecule has 1 aromatic carbocycles. The quantitative estimate of drug-likeness (QED) is 0.0936. The molecule has 436 valence electrons. The molecular formula is C57H96N8O12. The summed E-state index contributed by atoms with van der Waals surface area (Å²) in [5, 5.41) is 77.4. The van der Waals surface area contributed by atoms with Gasteiger partial charge in [0.05, 0.1) is 64.8 Å². The number of unbranched alkanes of at least 4 members (excludes halogenated alkanes) is 1. The predicted octanol–water partition coefficient (Wildman–Crippen LogP) is 5.01. The van der Waals surface area contributed by atoms with Gasteiger partial charge in [0.15, 0.2) is 12.6 Å². The number of aryl methyl sites for hydroxylation is 2. The number of carbonyl (C=O) groups excluding carboxylic acids is 1. The van der Waals surface area contributed by atoms with E-state index in [1.807, 2.05) is 61.5 Å². The Labute approximate surface area is 458 Å². The van der Waals surface area contributed by atoms with Crippen LogP contribution < -0.4 is 0 Å². The zero-order valence-corrected chi connectivity index (χ0v) is 49.1. The molecule has 20 nitrogen and oxygen atoms in total. The van der Waals surface area contributed by atoms with Crippen LogP contribution in [0.1, 0.15) is 145 Å². The SMILES string of the molecule is CC[C@H]1OC(=O)[C@H](C)[C@@H](O[C@H]2C[C@@](C)(OC)[C@@H](O)[C@H](C)O2)[C@H](C)[C@@H](O[C@@H]2O[C@H](C)C[C@H](N(C)CCc3cn(CCCCc4ccc(-n5cc(C(C)(C)C)nn5)cc4)nn3)[C@H]2O)[C@](C)(O)C[C@@H](C)CN(C)[C@H](C)[C@@H](O)[C@]1(C)O. The van der Waals surface area contributed by atoms with Gasteiger partial charge in [0, 0.05) is 69.2 Å². The number of carbonyl (C=O) groups is 1. The monoisotopic (exact) mass is 1080 g/mol. The Morgan fingerprint density at radius 3 is 2.21 bits per heavy atom. The minimum Gasteiger partial charge on any atom is -0.459 e. The lowest BCUT2D eigenvalue weighted by Crippen LogP contribution is -2.61. The number of likely N-dealkylation sites (N-methyl/N-ethyl adjacent to an activating group) is 2. The van der Waals surface area contributed by atoms with E-state index in [1.165, 1.54) is 19.6 Å². The number of ether oxygens (including phenoxy) is 6. The molecule has 6 rings (SSSR count). The van der Waals surface area contributed by atoms with E-state index < -0.39 is 102 Å². The first-order valence-corrected chi connectivity index (χ1v) is 28.2. The second-order valence-electron chi connectivity index (χ2n) is 24.8. The van der Waals surface area contributed by atoms with Gasteiger partial charge in [-0.1, -0.05) is 64.1 Å². The van der Waals surface area contributed by atoms with Crippen molar-refractivity contribution in [2.75, 3.05) is 34.3 Å². The molecule has 0 saturated carbocycles. The third-order valence-corrected chi connectivity index (χ3v) is 17.0. The number of aliphatic hydroxyl groups excluding tert-OH is 3. The van der Waals surface area contributed by atoms with Crippen molar-refractivity contribution in [2.24, 2.45) is 17.8 Å². The molecule has 0 amide bonds. The number of aliphatic hydroxyl groups is 5. The van der Waals surface area contributed by atoms with Gasteiger partial charge in [0.25, 0.3) is 0 Å². The predicted molar refractivity (Wildman–Crippen MR) is 290 cm³/mol. The number of hydrogen-bond donors (Lipinski definition) is 5. The van der Waals surface area contributed by atoms with Crippen LogP contribution in [0.2, 0.25) is 0 Å². The molecule has 3 aliphatic heterocycles. The summed E-state index contributed by atoms with van der Waals surface area (Å²) in [5.74, 6) is -2.75. The topological polar surface area (TPSA) is 242 Å². The summed E-state index contributed by atoms with van der Waals surface area (Å²) < 4.78 is 42.1. The summed E-state index contributed by atoms with van der Waals surface area (Å²) in [6.07, 6.45) is -1.50. The number of benzene rings is 1. The number of methoxy groups -OCH3 is 1. The summed E-state index contributed by atoms with van der Waals surface area (Å²) in [5.41, 5.74) is -0.561. The summed E-state index contributed by atoms with van der Waals surface area (Å²) in [4.78, 5) is 18.5. The van der Waals surface area contributed by atoms with E-state index in [2.05, 4.69) is 70.6 Å². The van der Waals surface area contributed by atoms with E-state index in [9.17, 15) is 30.3 Å². The lowest BCUT2D eigenvalue weighted by Gasteiger charge is -2.49. The second-order valence-corrected chi connectivity index (χ2v) is 24.8. The van der Waals surface area contributed by atoms with Crippen molar-refractivity contribution >= 4 is 5.97 Å². The Kier molecular flexibility index (Phi) is 21.1. The van der Waals surface area contributed by atoms with Crippen LogP contribution in [0.3, 0.4) is 0 Å². The van der Waals surface area contributed by atoms with Gasteiger partial charge < -0.3 is 63.8 Å². The summed E-state index contributed by atoms with van der Waals surface area (Å²) in [6, 6.07) is 7.48. The molecule has 20 heteroatoms. The van der Waals surface area contributed by atoms with Gasteiger partial charge in [0.1, 0.15) is 30.0 Å². The number of aromatic nitrogens is 6. The van der Waals surface area contributed by atoms with E-state index >= 15 is 0 Å². The average molecular weight is 1090 g/mol. The number of cyclic esters (lactones) is 1. The fourth-order valence-corrected chi connectivity index (χ4v) is 11.8. The smallest absolute Gasteiger partial charge is 0.311 e. The zero-order chi connectivity index (χ0) is 56.9. The van der Waals surface area contributed by atoms with Crippen molar-refractivity contribution in [3.63, 3.8) is 0 Å². The highest BCUT2D eigenvalue weighted by atomic mass is 16.7. The van der Waals surface area contributed by atoms with Gasteiger partial charge in [-0.05, 0) is 125 Å². The Morgan fingerprint density at radius 2 is 1.57 bits per heavy atom. The highest BCUT2D eigenvalue weighted by molar-refractivity contribution is 5.73. The third kappa shape index (κ3) is 15.3.